The van der Waals surface area contributed by atoms with Crippen molar-refractivity contribution in [2.45, 2.75) is 103 Å². The lowest BCUT2D eigenvalue weighted by atomic mass is 9.90. The Hall–Kier alpha value is -0.720. The topological polar surface area (TPSA) is 0 Å². The summed E-state index contributed by atoms with van der Waals surface area (Å²) in [6, 6.07) is 0. The average molecular weight is 348 g/mol. The molecule has 0 amide bonds. The van der Waals surface area contributed by atoms with Gasteiger partial charge in [-0.3, -0.25) is 0 Å². The largest absolute Gasteiger partial charge is 0.419 e. The molecule has 0 aromatic rings. The van der Waals surface area contributed by atoms with E-state index >= 15 is 0 Å². The third-order valence-electron chi connectivity index (χ3n) is 4.99. The number of rotatable bonds is 10. The summed E-state index contributed by atoms with van der Waals surface area (Å²) in [6.45, 7) is 2.20. The molecule has 0 nitrogen and oxygen atoms in total. The number of alkyl halides is 4. The Morgan fingerprint density at radius 1 is 1.00 bits per heavy atom. The van der Waals surface area contributed by atoms with Gasteiger partial charge in [0.15, 0.2) is 6.17 Å². The molecule has 0 N–H and O–H groups in total. The maximum Gasteiger partial charge on any atom is 0.419 e. The van der Waals surface area contributed by atoms with Gasteiger partial charge >= 0.3 is 6.18 Å². The van der Waals surface area contributed by atoms with Gasteiger partial charge in [0.05, 0.1) is 0 Å². The summed E-state index contributed by atoms with van der Waals surface area (Å²) in [5, 5.41) is 0. The smallest absolute Gasteiger partial charge is 0.237 e. The molecule has 4 heteroatoms. The van der Waals surface area contributed by atoms with E-state index in [4.69, 9.17) is 0 Å². The quantitative estimate of drug-likeness (QED) is 0.222. The number of hydrogen-bond donors (Lipinski definition) is 0. The van der Waals surface area contributed by atoms with Gasteiger partial charge in [-0.25, -0.2) is 4.39 Å². The van der Waals surface area contributed by atoms with Crippen molar-refractivity contribution in [2.24, 2.45) is 11.8 Å². The van der Waals surface area contributed by atoms with E-state index in [1.54, 1.807) is 0 Å². The number of halogens is 4. The lowest BCUT2D eigenvalue weighted by molar-refractivity contribution is -0.182. The first-order valence-corrected chi connectivity index (χ1v) is 9.64. The summed E-state index contributed by atoms with van der Waals surface area (Å²) in [7, 11) is 0. The van der Waals surface area contributed by atoms with E-state index in [2.05, 4.69) is 18.8 Å². The van der Waals surface area contributed by atoms with Crippen molar-refractivity contribution >= 4 is 0 Å². The van der Waals surface area contributed by atoms with Crippen LogP contribution in [0.1, 0.15) is 90.4 Å². The van der Waals surface area contributed by atoms with Gasteiger partial charge in [-0.1, -0.05) is 57.8 Å². The van der Waals surface area contributed by atoms with E-state index in [0.29, 0.717) is 24.7 Å². The molecule has 1 fully saturated rings. The van der Waals surface area contributed by atoms with Gasteiger partial charge in [0.1, 0.15) is 0 Å². The first-order chi connectivity index (χ1) is 11.4. The Morgan fingerprint density at radius 2 is 1.75 bits per heavy atom. The fraction of sp³-hybridized carbons (Fsp3) is 0.900. The summed E-state index contributed by atoms with van der Waals surface area (Å²) in [5.41, 5.74) is 0. The molecule has 0 aliphatic heterocycles. The van der Waals surface area contributed by atoms with E-state index < -0.39 is 18.8 Å². The molecule has 0 aromatic heterocycles. The van der Waals surface area contributed by atoms with Crippen molar-refractivity contribution in [3.63, 3.8) is 0 Å². The molecule has 0 saturated heterocycles. The van der Waals surface area contributed by atoms with Crippen LogP contribution in [0.5, 0.6) is 0 Å². The first-order valence-electron chi connectivity index (χ1n) is 9.64. The van der Waals surface area contributed by atoms with Gasteiger partial charge in [-0.05, 0) is 38.0 Å². The van der Waals surface area contributed by atoms with Gasteiger partial charge in [-0.2, -0.15) is 13.2 Å². The molecular formula is C20H32F4. The molecule has 0 radical (unpaired) electrons. The summed E-state index contributed by atoms with van der Waals surface area (Å²) in [4.78, 5) is 0. The highest BCUT2D eigenvalue weighted by Crippen LogP contribution is 2.35. The molecule has 1 unspecified atom stereocenters. The molecule has 1 aliphatic carbocycles. The van der Waals surface area contributed by atoms with Crippen LogP contribution in [0.4, 0.5) is 17.6 Å². The maximum atomic E-state index is 12.8. The highest BCUT2D eigenvalue weighted by atomic mass is 19.4. The molecule has 1 saturated carbocycles. The minimum Gasteiger partial charge on any atom is -0.237 e. The van der Waals surface area contributed by atoms with Crippen LogP contribution in [0.3, 0.4) is 0 Å². The molecule has 140 valence electrons. The fourth-order valence-corrected chi connectivity index (χ4v) is 3.49. The molecule has 1 rings (SSSR count). The second-order valence-corrected chi connectivity index (χ2v) is 7.08. The van der Waals surface area contributed by atoms with Crippen molar-refractivity contribution in [1.29, 1.82) is 0 Å². The third kappa shape index (κ3) is 8.94. The fourth-order valence-electron chi connectivity index (χ4n) is 3.49. The first kappa shape index (κ1) is 21.3. The van der Waals surface area contributed by atoms with Gasteiger partial charge in [0.25, 0.3) is 0 Å². The van der Waals surface area contributed by atoms with Crippen LogP contribution in [0, 0.1) is 23.7 Å². The lowest BCUT2D eigenvalue weighted by Gasteiger charge is -2.15. The van der Waals surface area contributed by atoms with Crippen LogP contribution in [-0.4, -0.2) is 12.3 Å². The third-order valence-corrected chi connectivity index (χ3v) is 4.99. The average Bonchev–Trinajstić information content (AvgIpc) is 2.96. The van der Waals surface area contributed by atoms with Crippen molar-refractivity contribution in [3.05, 3.63) is 0 Å². The summed E-state index contributed by atoms with van der Waals surface area (Å²) in [6.07, 6.45) is 4.68. The van der Waals surface area contributed by atoms with E-state index in [-0.39, 0.29) is 0 Å². The Morgan fingerprint density at radius 3 is 2.46 bits per heavy atom. The van der Waals surface area contributed by atoms with Crippen molar-refractivity contribution in [3.8, 4) is 11.8 Å². The van der Waals surface area contributed by atoms with E-state index in [1.165, 1.54) is 38.5 Å². The second-order valence-electron chi connectivity index (χ2n) is 7.08. The van der Waals surface area contributed by atoms with Crippen LogP contribution >= 0.6 is 0 Å². The standard InChI is InChI=1S/C20H32F4/c1-2-3-4-5-6-8-12-17-14-11-15-18(17)13-9-7-10-16-19(21)20(22,23)24/h17-19H,2-7,9-11,13-16H2,1H3/t17-,18-,19?/m0/s1. The number of unbranched alkanes of at least 4 members (excludes halogenated alkanes) is 6. The zero-order chi connectivity index (χ0) is 17.8. The SMILES string of the molecule is CCCCCCC#C[C@H]1CCC[C@@H]1CCCCCC(F)C(F)(F)F. The van der Waals surface area contributed by atoms with Gasteiger partial charge in [-0.15, -0.1) is 5.92 Å². The molecule has 0 heterocycles. The van der Waals surface area contributed by atoms with Gasteiger partial charge in [0, 0.05) is 12.3 Å². The van der Waals surface area contributed by atoms with Crippen LogP contribution in [-0.2, 0) is 0 Å². The van der Waals surface area contributed by atoms with Crippen LogP contribution in [0.2, 0.25) is 0 Å². The Labute approximate surface area is 144 Å². The minimum absolute atomic E-state index is 0.321. The van der Waals surface area contributed by atoms with E-state index in [9.17, 15) is 17.6 Å². The zero-order valence-electron chi connectivity index (χ0n) is 14.9. The molecule has 0 spiro atoms. The predicted molar refractivity (Wildman–Crippen MR) is 91.4 cm³/mol. The Kier molecular flexibility index (Phi) is 10.5. The molecule has 24 heavy (non-hydrogen) atoms. The van der Waals surface area contributed by atoms with Crippen molar-refractivity contribution < 1.29 is 17.6 Å². The van der Waals surface area contributed by atoms with Crippen molar-refractivity contribution in [2.75, 3.05) is 0 Å². The number of hydrogen-bond acceptors (Lipinski definition) is 0. The highest BCUT2D eigenvalue weighted by Gasteiger charge is 2.39. The zero-order valence-corrected chi connectivity index (χ0v) is 14.9. The van der Waals surface area contributed by atoms with E-state index in [0.717, 1.165) is 25.7 Å². The molecule has 3 atom stereocenters. The van der Waals surface area contributed by atoms with E-state index in [1.807, 2.05) is 0 Å². The Bertz CT molecular complexity index is 377. The summed E-state index contributed by atoms with van der Waals surface area (Å²) >= 11 is 0. The predicted octanol–water partition coefficient (Wildman–Crippen LogP) is 7.23. The lowest BCUT2D eigenvalue weighted by Crippen LogP contribution is -2.24. The van der Waals surface area contributed by atoms with Gasteiger partial charge in [0.2, 0.25) is 0 Å². The summed E-state index contributed by atoms with van der Waals surface area (Å²) < 4.78 is 49.1. The second kappa shape index (κ2) is 11.8. The highest BCUT2D eigenvalue weighted by molar-refractivity contribution is 5.07. The van der Waals surface area contributed by atoms with Crippen LogP contribution < -0.4 is 0 Å². The van der Waals surface area contributed by atoms with Gasteiger partial charge < -0.3 is 0 Å². The molecule has 0 bridgehead atoms. The maximum absolute atomic E-state index is 12.8. The molecule has 0 aromatic carbocycles. The monoisotopic (exact) mass is 348 g/mol. The summed E-state index contributed by atoms with van der Waals surface area (Å²) in [5.74, 6) is 7.82. The molecular weight excluding hydrogens is 316 g/mol. The van der Waals surface area contributed by atoms with Crippen LogP contribution in [0.15, 0.2) is 0 Å². The van der Waals surface area contributed by atoms with Crippen LogP contribution in [0.25, 0.3) is 0 Å². The normalized spacial score (nSPS) is 22.2. The Balaban J connectivity index is 2.14. The van der Waals surface area contributed by atoms with Crippen molar-refractivity contribution in [1.82, 2.24) is 0 Å². The molecule has 1 aliphatic rings. The minimum atomic E-state index is -4.69.